The number of rotatable bonds is 1. The Labute approximate surface area is 96.0 Å². The van der Waals surface area contributed by atoms with E-state index in [2.05, 4.69) is 19.1 Å². The zero-order valence-electron chi connectivity index (χ0n) is 9.77. The molecule has 1 aliphatic rings. The minimum Gasteiger partial charge on any atom is -0.450 e. The second-order valence-electron chi connectivity index (χ2n) is 4.15. The van der Waals surface area contributed by atoms with Crippen molar-refractivity contribution in [1.82, 2.24) is 4.90 Å². The maximum absolute atomic E-state index is 11.7. The van der Waals surface area contributed by atoms with E-state index in [1.165, 1.54) is 11.1 Å². The Hall–Kier alpha value is -1.51. The zero-order valence-corrected chi connectivity index (χ0v) is 9.77. The molecule has 0 fully saturated rings. The molecule has 0 aromatic heterocycles. The molecular formula is C13H17NO2. The van der Waals surface area contributed by atoms with Crippen molar-refractivity contribution in [2.45, 2.75) is 32.9 Å². The SMILES string of the molecule is CCOC(=O)N1Cc2ccccc2CC1C. The fraction of sp³-hybridized carbons (Fsp3) is 0.462. The van der Waals surface area contributed by atoms with Crippen LogP contribution < -0.4 is 0 Å². The number of amides is 1. The van der Waals surface area contributed by atoms with Crippen LogP contribution in [0.1, 0.15) is 25.0 Å². The quantitative estimate of drug-likeness (QED) is 0.726. The molecule has 0 saturated heterocycles. The summed E-state index contributed by atoms with van der Waals surface area (Å²) in [5.74, 6) is 0. The van der Waals surface area contributed by atoms with Gasteiger partial charge in [0.05, 0.1) is 6.61 Å². The lowest BCUT2D eigenvalue weighted by Crippen LogP contribution is -2.42. The fourth-order valence-electron chi connectivity index (χ4n) is 2.13. The van der Waals surface area contributed by atoms with Crippen LogP contribution in [0, 0.1) is 0 Å². The highest BCUT2D eigenvalue weighted by atomic mass is 16.6. The van der Waals surface area contributed by atoms with Crippen molar-refractivity contribution >= 4 is 6.09 Å². The Morgan fingerprint density at radius 1 is 1.44 bits per heavy atom. The Kier molecular flexibility index (Phi) is 3.13. The highest BCUT2D eigenvalue weighted by molar-refractivity contribution is 5.68. The summed E-state index contributed by atoms with van der Waals surface area (Å²) in [7, 11) is 0. The van der Waals surface area contributed by atoms with Gasteiger partial charge < -0.3 is 9.64 Å². The van der Waals surface area contributed by atoms with E-state index in [4.69, 9.17) is 4.74 Å². The molecule has 1 aromatic carbocycles. The van der Waals surface area contributed by atoms with E-state index in [1.54, 1.807) is 4.90 Å². The molecule has 0 spiro atoms. The summed E-state index contributed by atoms with van der Waals surface area (Å²) in [5, 5.41) is 0. The standard InChI is InChI=1S/C13H17NO2/c1-3-16-13(15)14-9-12-7-5-4-6-11(12)8-10(14)2/h4-7,10H,3,8-9H2,1-2H3. The minimum atomic E-state index is -0.204. The zero-order chi connectivity index (χ0) is 11.5. The van der Waals surface area contributed by atoms with Gasteiger partial charge in [-0.2, -0.15) is 0 Å². The topological polar surface area (TPSA) is 29.5 Å². The minimum absolute atomic E-state index is 0.204. The Morgan fingerprint density at radius 2 is 2.12 bits per heavy atom. The number of ether oxygens (including phenoxy) is 1. The summed E-state index contributed by atoms with van der Waals surface area (Å²) >= 11 is 0. The summed E-state index contributed by atoms with van der Waals surface area (Å²) in [6.45, 7) is 4.99. The van der Waals surface area contributed by atoms with Crippen LogP contribution in [0.3, 0.4) is 0 Å². The summed E-state index contributed by atoms with van der Waals surface area (Å²) in [4.78, 5) is 13.5. The van der Waals surface area contributed by atoms with E-state index in [9.17, 15) is 4.79 Å². The normalized spacial score (nSPS) is 19.1. The molecule has 0 aliphatic carbocycles. The van der Waals surface area contributed by atoms with Gasteiger partial charge >= 0.3 is 6.09 Å². The van der Waals surface area contributed by atoms with Crippen LogP contribution >= 0.6 is 0 Å². The van der Waals surface area contributed by atoms with Gasteiger partial charge in [0.15, 0.2) is 0 Å². The number of nitrogens with zero attached hydrogens (tertiary/aromatic N) is 1. The number of fused-ring (bicyclic) bond motifs is 1. The van der Waals surface area contributed by atoms with Crippen molar-refractivity contribution in [2.24, 2.45) is 0 Å². The monoisotopic (exact) mass is 219 g/mol. The molecule has 0 N–H and O–H groups in total. The first-order chi connectivity index (χ1) is 7.72. The van der Waals surface area contributed by atoms with Gasteiger partial charge in [0.2, 0.25) is 0 Å². The Balaban J connectivity index is 2.18. The third-order valence-corrected chi connectivity index (χ3v) is 3.01. The van der Waals surface area contributed by atoms with Gasteiger partial charge in [0.1, 0.15) is 0 Å². The highest BCUT2D eigenvalue weighted by Crippen LogP contribution is 2.23. The summed E-state index contributed by atoms with van der Waals surface area (Å²) < 4.78 is 5.05. The van der Waals surface area contributed by atoms with Gasteiger partial charge in [0.25, 0.3) is 0 Å². The predicted molar refractivity (Wildman–Crippen MR) is 62.2 cm³/mol. The molecule has 1 amide bonds. The Bertz CT molecular complexity index is 389. The molecule has 16 heavy (non-hydrogen) atoms. The van der Waals surface area contributed by atoms with Crippen LogP contribution in [-0.4, -0.2) is 23.6 Å². The molecule has 0 saturated carbocycles. The van der Waals surface area contributed by atoms with Crippen molar-refractivity contribution in [3.63, 3.8) is 0 Å². The van der Waals surface area contributed by atoms with E-state index in [0.717, 1.165) is 6.42 Å². The number of hydrogen-bond acceptors (Lipinski definition) is 2. The highest BCUT2D eigenvalue weighted by Gasteiger charge is 2.27. The smallest absolute Gasteiger partial charge is 0.410 e. The molecule has 1 atom stereocenters. The maximum Gasteiger partial charge on any atom is 0.410 e. The van der Waals surface area contributed by atoms with Crippen LogP contribution in [-0.2, 0) is 17.7 Å². The molecule has 0 radical (unpaired) electrons. The third kappa shape index (κ3) is 2.03. The average molecular weight is 219 g/mol. The molecule has 1 unspecified atom stereocenters. The molecular weight excluding hydrogens is 202 g/mol. The first-order valence-electron chi connectivity index (χ1n) is 5.72. The molecule has 2 rings (SSSR count). The number of benzene rings is 1. The van der Waals surface area contributed by atoms with Gasteiger partial charge in [-0.05, 0) is 31.4 Å². The lowest BCUT2D eigenvalue weighted by Gasteiger charge is -2.33. The fourth-order valence-corrected chi connectivity index (χ4v) is 2.13. The van der Waals surface area contributed by atoms with Gasteiger partial charge in [-0.1, -0.05) is 24.3 Å². The van der Waals surface area contributed by atoms with Crippen LogP contribution in [0.2, 0.25) is 0 Å². The van der Waals surface area contributed by atoms with E-state index in [0.29, 0.717) is 13.2 Å². The summed E-state index contributed by atoms with van der Waals surface area (Å²) in [6, 6.07) is 8.49. The van der Waals surface area contributed by atoms with Crippen LogP contribution in [0.5, 0.6) is 0 Å². The van der Waals surface area contributed by atoms with Crippen LogP contribution in [0.15, 0.2) is 24.3 Å². The average Bonchev–Trinajstić information content (AvgIpc) is 2.28. The van der Waals surface area contributed by atoms with E-state index < -0.39 is 0 Å². The molecule has 3 heteroatoms. The van der Waals surface area contributed by atoms with E-state index >= 15 is 0 Å². The van der Waals surface area contributed by atoms with E-state index in [-0.39, 0.29) is 12.1 Å². The molecule has 3 nitrogen and oxygen atoms in total. The largest absolute Gasteiger partial charge is 0.450 e. The molecule has 1 aliphatic heterocycles. The molecule has 1 aromatic rings. The van der Waals surface area contributed by atoms with Crippen molar-refractivity contribution in [3.8, 4) is 0 Å². The number of hydrogen-bond donors (Lipinski definition) is 0. The molecule has 86 valence electrons. The van der Waals surface area contributed by atoms with Gasteiger partial charge in [0, 0.05) is 12.6 Å². The van der Waals surface area contributed by atoms with Crippen molar-refractivity contribution < 1.29 is 9.53 Å². The second kappa shape index (κ2) is 4.56. The predicted octanol–water partition coefficient (Wildman–Crippen LogP) is 2.59. The van der Waals surface area contributed by atoms with Crippen LogP contribution in [0.25, 0.3) is 0 Å². The van der Waals surface area contributed by atoms with Crippen molar-refractivity contribution in [3.05, 3.63) is 35.4 Å². The lowest BCUT2D eigenvalue weighted by atomic mass is 9.95. The lowest BCUT2D eigenvalue weighted by molar-refractivity contribution is 0.0862. The number of carbonyl (C=O) groups excluding carboxylic acids is 1. The van der Waals surface area contributed by atoms with Crippen LogP contribution in [0.4, 0.5) is 4.79 Å². The van der Waals surface area contributed by atoms with Gasteiger partial charge in [-0.3, -0.25) is 0 Å². The second-order valence-corrected chi connectivity index (χ2v) is 4.15. The Morgan fingerprint density at radius 3 is 2.81 bits per heavy atom. The molecule has 1 heterocycles. The van der Waals surface area contributed by atoms with Gasteiger partial charge in [-0.25, -0.2) is 4.79 Å². The first-order valence-corrected chi connectivity index (χ1v) is 5.72. The summed E-state index contributed by atoms with van der Waals surface area (Å²) in [5.41, 5.74) is 2.57. The summed E-state index contributed by atoms with van der Waals surface area (Å²) in [6.07, 6.45) is 0.708. The van der Waals surface area contributed by atoms with Crippen molar-refractivity contribution in [2.75, 3.05) is 6.61 Å². The number of carbonyl (C=O) groups is 1. The maximum atomic E-state index is 11.7. The van der Waals surface area contributed by atoms with Crippen molar-refractivity contribution in [1.29, 1.82) is 0 Å². The third-order valence-electron chi connectivity index (χ3n) is 3.01. The van der Waals surface area contributed by atoms with Gasteiger partial charge in [-0.15, -0.1) is 0 Å². The van der Waals surface area contributed by atoms with E-state index in [1.807, 2.05) is 19.1 Å². The molecule has 0 bridgehead atoms. The first kappa shape index (κ1) is 11.0.